The van der Waals surface area contributed by atoms with Crippen LogP contribution in [0, 0.1) is 0 Å². The number of halogens is 1. The number of anilines is 1. The molecule has 0 atom stereocenters. The first-order valence-electron chi connectivity index (χ1n) is 5.65. The Bertz CT molecular complexity index is 579. The summed E-state index contributed by atoms with van der Waals surface area (Å²) in [5.74, 6) is -0.763. The molecule has 1 saturated heterocycles. The molecule has 2 amide bonds. The van der Waals surface area contributed by atoms with Gasteiger partial charge in [0.15, 0.2) is 0 Å². The van der Waals surface area contributed by atoms with E-state index in [4.69, 9.17) is 5.11 Å². The topological polar surface area (TPSA) is 86.7 Å². The third-order valence-electron chi connectivity index (χ3n) is 2.65. The Kier molecular flexibility index (Phi) is 4.66. The number of thioether (sulfide) groups is 1. The van der Waals surface area contributed by atoms with Crippen LogP contribution in [0.15, 0.2) is 22.7 Å². The number of carbonyl (C=O) groups excluding carboxylic acids is 2. The molecule has 106 valence electrons. The largest absolute Gasteiger partial charge is 0.478 e. The van der Waals surface area contributed by atoms with Crippen molar-refractivity contribution in [1.29, 1.82) is 0 Å². The third kappa shape index (κ3) is 3.51. The van der Waals surface area contributed by atoms with Crippen LogP contribution in [-0.2, 0) is 9.59 Å². The first-order valence-corrected chi connectivity index (χ1v) is 7.60. The lowest BCUT2D eigenvalue weighted by Crippen LogP contribution is -2.34. The van der Waals surface area contributed by atoms with Crippen molar-refractivity contribution in [3.8, 4) is 0 Å². The summed E-state index contributed by atoms with van der Waals surface area (Å²) in [7, 11) is 0. The fraction of sp³-hybridized carbons (Fsp3) is 0.250. The summed E-state index contributed by atoms with van der Waals surface area (Å²) in [5, 5.41) is 11.6. The summed E-state index contributed by atoms with van der Waals surface area (Å²) in [6.45, 7) is -0.0720. The van der Waals surface area contributed by atoms with Gasteiger partial charge < -0.3 is 15.3 Å². The Morgan fingerprint density at radius 2 is 2.20 bits per heavy atom. The smallest absolute Gasteiger partial charge is 0.337 e. The van der Waals surface area contributed by atoms with Crippen LogP contribution >= 0.6 is 27.7 Å². The van der Waals surface area contributed by atoms with Crippen molar-refractivity contribution in [1.82, 2.24) is 4.90 Å². The number of nitrogens with one attached hydrogen (secondary N) is 1. The summed E-state index contributed by atoms with van der Waals surface area (Å²) in [5.41, 5.74) is 0.208. The number of benzene rings is 1. The van der Waals surface area contributed by atoms with Crippen molar-refractivity contribution >= 4 is 51.2 Å². The van der Waals surface area contributed by atoms with Gasteiger partial charge in [0.1, 0.15) is 6.54 Å². The minimum absolute atomic E-state index is 0.00340. The summed E-state index contributed by atoms with van der Waals surface area (Å²) in [6, 6.07) is 4.50. The Morgan fingerprint density at radius 1 is 1.45 bits per heavy atom. The zero-order valence-corrected chi connectivity index (χ0v) is 12.7. The van der Waals surface area contributed by atoms with Crippen molar-refractivity contribution < 1.29 is 19.5 Å². The molecule has 1 aromatic rings. The zero-order chi connectivity index (χ0) is 14.7. The lowest BCUT2D eigenvalue weighted by atomic mass is 10.2. The molecule has 1 aliphatic heterocycles. The summed E-state index contributed by atoms with van der Waals surface area (Å²) >= 11 is 4.66. The van der Waals surface area contributed by atoms with E-state index < -0.39 is 11.9 Å². The summed E-state index contributed by atoms with van der Waals surface area (Å²) in [6.07, 6.45) is 0. The molecular formula is C12H11BrN2O4S. The molecule has 2 N–H and O–H groups in total. The predicted octanol–water partition coefficient (Wildman–Crippen LogP) is 1.62. The summed E-state index contributed by atoms with van der Waals surface area (Å²) in [4.78, 5) is 35.8. The van der Waals surface area contributed by atoms with Crippen LogP contribution in [0.3, 0.4) is 0 Å². The second kappa shape index (κ2) is 6.27. The van der Waals surface area contributed by atoms with Crippen LogP contribution in [0.5, 0.6) is 0 Å². The second-order valence-electron chi connectivity index (χ2n) is 4.11. The van der Waals surface area contributed by atoms with Gasteiger partial charge in [0.2, 0.25) is 11.8 Å². The molecule has 8 heteroatoms. The average Bonchev–Trinajstić information content (AvgIpc) is 2.74. The monoisotopic (exact) mass is 358 g/mol. The number of aromatic carboxylic acids is 1. The molecule has 0 bridgehead atoms. The molecular weight excluding hydrogens is 348 g/mol. The number of carbonyl (C=O) groups is 3. The van der Waals surface area contributed by atoms with E-state index in [0.29, 0.717) is 16.1 Å². The van der Waals surface area contributed by atoms with Gasteiger partial charge in [-0.2, -0.15) is 0 Å². The predicted molar refractivity (Wildman–Crippen MR) is 78.8 cm³/mol. The Morgan fingerprint density at radius 3 is 2.80 bits per heavy atom. The van der Waals surface area contributed by atoms with Gasteiger partial charge in [-0.1, -0.05) is 15.9 Å². The minimum Gasteiger partial charge on any atom is -0.478 e. The number of hydrogen-bond donors (Lipinski definition) is 2. The van der Waals surface area contributed by atoms with Gasteiger partial charge >= 0.3 is 5.97 Å². The van der Waals surface area contributed by atoms with Crippen molar-refractivity contribution in [3.05, 3.63) is 28.2 Å². The number of carboxylic acid groups (broad SMARTS) is 1. The summed E-state index contributed by atoms with van der Waals surface area (Å²) < 4.78 is 0.658. The number of rotatable bonds is 4. The van der Waals surface area contributed by atoms with Crippen molar-refractivity contribution in [3.63, 3.8) is 0 Å². The number of nitrogens with zero attached hydrogens (tertiary/aromatic N) is 1. The minimum atomic E-state index is -1.12. The standard InChI is InChI=1S/C12H11BrN2O4S/c13-7-1-2-8(12(18)19)9(3-7)14-10(16)4-15-6-20-5-11(15)17/h1-3H,4-6H2,(H,14,16)(H,18,19). The van der Waals surface area contributed by atoms with E-state index in [9.17, 15) is 14.4 Å². The number of carboxylic acids is 1. The maximum Gasteiger partial charge on any atom is 0.337 e. The van der Waals surface area contributed by atoms with E-state index in [0.717, 1.165) is 0 Å². The van der Waals surface area contributed by atoms with Crippen LogP contribution in [-0.4, -0.2) is 46.0 Å². The van der Waals surface area contributed by atoms with Crippen LogP contribution < -0.4 is 5.32 Å². The fourth-order valence-electron chi connectivity index (χ4n) is 1.71. The zero-order valence-electron chi connectivity index (χ0n) is 10.3. The maximum atomic E-state index is 11.9. The second-order valence-corrected chi connectivity index (χ2v) is 5.98. The average molecular weight is 359 g/mol. The van der Waals surface area contributed by atoms with Gasteiger partial charge in [-0.05, 0) is 18.2 Å². The molecule has 1 heterocycles. The fourth-order valence-corrected chi connectivity index (χ4v) is 2.97. The molecule has 0 saturated carbocycles. The molecule has 2 rings (SSSR count). The van der Waals surface area contributed by atoms with Gasteiger partial charge in [-0.25, -0.2) is 4.79 Å². The highest BCUT2D eigenvalue weighted by molar-refractivity contribution is 9.10. The van der Waals surface area contributed by atoms with Gasteiger partial charge in [0.25, 0.3) is 0 Å². The van der Waals surface area contributed by atoms with E-state index >= 15 is 0 Å². The van der Waals surface area contributed by atoms with Crippen LogP contribution in [0.25, 0.3) is 0 Å². The van der Waals surface area contributed by atoms with Crippen LogP contribution in [0.4, 0.5) is 5.69 Å². The number of hydrogen-bond acceptors (Lipinski definition) is 4. The van der Waals surface area contributed by atoms with Crippen LogP contribution in [0.1, 0.15) is 10.4 Å². The van der Waals surface area contributed by atoms with Crippen molar-refractivity contribution in [2.75, 3.05) is 23.5 Å². The Labute approximate surface area is 127 Å². The van der Waals surface area contributed by atoms with Gasteiger partial charge in [-0.3, -0.25) is 9.59 Å². The lowest BCUT2D eigenvalue weighted by Gasteiger charge is -2.15. The molecule has 6 nitrogen and oxygen atoms in total. The molecule has 0 radical (unpaired) electrons. The highest BCUT2D eigenvalue weighted by atomic mass is 79.9. The maximum absolute atomic E-state index is 11.9. The first kappa shape index (κ1) is 14.9. The van der Waals surface area contributed by atoms with E-state index in [1.165, 1.54) is 28.8 Å². The normalized spacial score (nSPS) is 14.4. The molecule has 1 aromatic carbocycles. The molecule has 0 unspecified atom stereocenters. The quantitative estimate of drug-likeness (QED) is 0.853. The molecule has 1 aliphatic rings. The first-order chi connectivity index (χ1) is 9.47. The van der Waals surface area contributed by atoms with E-state index in [1.807, 2.05) is 0 Å². The Balaban J connectivity index is 2.09. The van der Waals surface area contributed by atoms with Gasteiger partial charge in [0, 0.05) is 4.47 Å². The number of amides is 2. The molecule has 1 fully saturated rings. The van der Waals surface area contributed by atoms with Crippen LogP contribution in [0.2, 0.25) is 0 Å². The highest BCUT2D eigenvalue weighted by Crippen LogP contribution is 2.22. The van der Waals surface area contributed by atoms with Crippen molar-refractivity contribution in [2.45, 2.75) is 0 Å². The highest BCUT2D eigenvalue weighted by Gasteiger charge is 2.23. The lowest BCUT2D eigenvalue weighted by molar-refractivity contribution is -0.130. The molecule has 0 aliphatic carbocycles. The molecule has 0 spiro atoms. The SMILES string of the molecule is O=C(CN1CSCC1=O)Nc1cc(Br)ccc1C(=O)O. The van der Waals surface area contributed by atoms with E-state index in [-0.39, 0.29) is 23.7 Å². The van der Waals surface area contributed by atoms with E-state index in [1.54, 1.807) is 6.07 Å². The third-order valence-corrected chi connectivity index (χ3v) is 4.08. The van der Waals surface area contributed by atoms with Gasteiger partial charge in [-0.15, -0.1) is 11.8 Å². The molecule has 0 aromatic heterocycles. The Hall–Kier alpha value is -1.54. The van der Waals surface area contributed by atoms with E-state index in [2.05, 4.69) is 21.2 Å². The molecule has 20 heavy (non-hydrogen) atoms. The van der Waals surface area contributed by atoms with Gasteiger partial charge in [0.05, 0.1) is 22.9 Å². The van der Waals surface area contributed by atoms with Crippen molar-refractivity contribution in [2.24, 2.45) is 0 Å².